The van der Waals surface area contributed by atoms with Gasteiger partial charge in [-0.05, 0) is 17.5 Å². The van der Waals surface area contributed by atoms with Gasteiger partial charge < -0.3 is 14.2 Å². The van der Waals surface area contributed by atoms with Crippen molar-refractivity contribution in [3.05, 3.63) is 71.8 Å². The largest absolute Gasteiger partial charge is 0.377 e. The first kappa shape index (κ1) is 14.9. The minimum Gasteiger partial charge on any atom is -0.377 e. The molecule has 0 amide bonds. The first-order chi connectivity index (χ1) is 11.4. The van der Waals surface area contributed by atoms with Crippen LogP contribution in [0, 0.1) is 0 Å². The van der Waals surface area contributed by atoms with Gasteiger partial charge in [-0.3, -0.25) is 0 Å². The maximum Gasteiger partial charge on any atom is 0.115 e. The summed E-state index contributed by atoms with van der Waals surface area (Å²) in [4.78, 5) is 0. The Morgan fingerprint density at radius 1 is 0.913 bits per heavy atom. The molecule has 0 N–H and O–H groups in total. The van der Waals surface area contributed by atoms with Gasteiger partial charge in [0.25, 0.3) is 0 Å². The molecule has 0 aliphatic carbocycles. The van der Waals surface area contributed by atoms with Crippen LogP contribution in [0.15, 0.2) is 60.7 Å². The molecule has 0 aromatic heterocycles. The average Bonchev–Trinajstić information content (AvgIpc) is 3.39. The van der Waals surface area contributed by atoms with Crippen LogP contribution in [0.5, 0.6) is 0 Å². The van der Waals surface area contributed by atoms with Gasteiger partial charge in [0, 0.05) is 13.0 Å². The fraction of sp³-hybridized carbons (Fsp3) is 0.400. The van der Waals surface area contributed by atoms with Crippen molar-refractivity contribution in [3.63, 3.8) is 0 Å². The monoisotopic (exact) mass is 310 g/mol. The van der Waals surface area contributed by atoms with E-state index in [1.54, 1.807) is 0 Å². The zero-order valence-corrected chi connectivity index (χ0v) is 13.1. The fourth-order valence-corrected chi connectivity index (χ4v) is 3.29. The molecule has 23 heavy (non-hydrogen) atoms. The number of hydrogen-bond donors (Lipinski definition) is 0. The van der Waals surface area contributed by atoms with Crippen LogP contribution in [0.25, 0.3) is 0 Å². The lowest BCUT2D eigenvalue weighted by atomic mass is 9.97. The van der Waals surface area contributed by atoms with E-state index in [4.69, 9.17) is 14.2 Å². The Hall–Kier alpha value is -1.68. The molecular weight excluding hydrogens is 288 g/mol. The van der Waals surface area contributed by atoms with Crippen molar-refractivity contribution >= 4 is 0 Å². The Balaban J connectivity index is 1.27. The summed E-state index contributed by atoms with van der Waals surface area (Å²) in [7, 11) is 0. The van der Waals surface area contributed by atoms with Gasteiger partial charge in [0.05, 0.1) is 18.8 Å². The summed E-state index contributed by atoms with van der Waals surface area (Å²) < 4.78 is 17.9. The van der Waals surface area contributed by atoms with Crippen LogP contribution in [0.2, 0.25) is 0 Å². The summed E-state index contributed by atoms with van der Waals surface area (Å²) >= 11 is 0. The number of hydrogen-bond acceptors (Lipinski definition) is 3. The van der Waals surface area contributed by atoms with E-state index in [1.165, 1.54) is 11.1 Å². The summed E-state index contributed by atoms with van der Waals surface area (Å²) in [6, 6.07) is 20.7. The molecule has 2 aliphatic heterocycles. The van der Waals surface area contributed by atoms with Crippen LogP contribution >= 0.6 is 0 Å². The highest BCUT2D eigenvalue weighted by molar-refractivity contribution is 5.22. The highest BCUT2D eigenvalue weighted by Crippen LogP contribution is 2.45. The van der Waals surface area contributed by atoms with Gasteiger partial charge in [-0.15, -0.1) is 0 Å². The molecule has 2 aromatic carbocycles. The van der Waals surface area contributed by atoms with Crippen LogP contribution in [-0.2, 0) is 20.8 Å². The summed E-state index contributed by atoms with van der Waals surface area (Å²) in [6.45, 7) is 1.39. The molecule has 4 rings (SSSR count). The molecule has 2 aliphatic rings. The van der Waals surface area contributed by atoms with Crippen molar-refractivity contribution in [2.45, 2.75) is 43.9 Å². The number of fused-ring (bicyclic) bond motifs is 1. The van der Waals surface area contributed by atoms with E-state index >= 15 is 0 Å². The van der Waals surface area contributed by atoms with Crippen molar-refractivity contribution in [3.8, 4) is 0 Å². The quantitative estimate of drug-likeness (QED) is 0.599. The van der Waals surface area contributed by atoms with Crippen molar-refractivity contribution in [1.29, 1.82) is 0 Å². The Kier molecular flexibility index (Phi) is 4.42. The summed E-state index contributed by atoms with van der Waals surface area (Å²) in [5.74, 6) is 0. The van der Waals surface area contributed by atoms with E-state index in [1.807, 2.05) is 24.3 Å². The van der Waals surface area contributed by atoms with E-state index in [2.05, 4.69) is 36.4 Å². The minimum atomic E-state index is 0.0778. The number of ether oxygens (including phenoxy) is 3. The molecule has 2 saturated heterocycles. The average molecular weight is 310 g/mol. The summed E-state index contributed by atoms with van der Waals surface area (Å²) in [5, 5.41) is 0. The topological polar surface area (TPSA) is 31.0 Å². The Bertz CT molecular complexity index is 613. The first-order valence-electron chi connectivity index (χ1n) is 8.38. The molecule has 2 aromatic rings. The van der Waals surface area contributed by atoms with Crippen LogP contribution in [-0.4, -0.2) is 24.9 Å². The molecule has 0 bridgehead atoms. The number of epoxide rings is 1. The standard InChI is InChI=1S/C20H22O3/c1-3-7-15(8-4-1)14-21-12-11-17-13-18-20(23-18)19(22-17)16-9-5-2-6-10-16/h1-10,17-20H,11-14H2/t17-,18-,19+,20-/m0/s1. The van der Waals surface area contributed by atoms with Crippen molar-refractivity contribution < 1.29 is 14.2 Å². The maximum atomic E-state index is 6.27. The lowest BCUT2D eigenvalue weighted by Gasteiger charge is -2.27. The second-order valence-corrected chi connectivity index (χ2v) is 6.29. The van der Waals surface area contributed by atoms with Gasteiger partial charge in [-0.2, -0.15) is 0 Å². The minimum absolute atomic E-state index is 0.0778. The van der Waals surface area contributed by atoms with Crippen LogP contribution < -0.4 is 0 Å². The summed E-state index contributed by atoms with van der Waals surface area (Å²) in [6.07, 6.45) is 2.83. The van der Waals surface area contributed by atoms with E-state index in [0.717, 1.165) is 19.4 Å². The second kappa shape index (κ2) is 6.83. The molecule has 2 fully saturated rings. The third-order valence-corrected chi connectivity index (χ3v) is 4.58. The zero-order valence-electron chi connectivity index (χ0n) is 13.1. The molecule has 0 saturated carbocycles. The van der Waals surface area contributed by atoms with Gasteiger partial charge in [0.1, 0.15) is 12.2 Å². The smallest absolute Gasteiger partial charge is 0.115 e. The third kappa shape index (κ3) is 3.63. The molecule has 0 radical (unpaired) electrons. The second-order valence-electron chi connectivity index (χ2n) is 6.29. The lowest BCUT2D eigenvalue weighted by molar-refractivity contribution is -0.0547. The van der Waals surface area contributed by atoms with Gasteiger partial charge >= 0.3 is 0 Å². The van der Waals surface area contributed by atoms with E-state index in [9.17, 15) is 0 Å². The van der Waals surface area contributed by atoms with E-state index in [0.29, 0.717) is 12.7 Å². The van der Waals surface area contributed by atoms with Gasteiger partial charge in [0.15, 0.2) is 0 Å². The van der Waals surface area contributed by atoms with E-state index < -0.39 is 0 Å². The highest BCUT2D eigenvalue weighted by Gasteiger charge is 2.51. The van der Waals surface area contributed by atoms with Gasteiger partial charge in [0.2, 0.25) is 0 Å². The molecule has 2 heterocycles. The van der Waals surface area contributed by atoms with Crippen molar-refractivity contribution in [2.24, 2.45) is 0 Å². The molecule has 3 nitrogen and oxygen atoms in total. The molecule has 120 valence electrons. The Morgan fingerprint density at radius 3 is 2.43 bits per heavy atom. The molecule has 4 atom stereocenters. The highest BCUT2D eigenvalue weighted by atomic mass is 16.6. The lowest BCUT2D eigenvalue weighted by Crippen LogP contribution is -2.29. The summed E-state index contributed by atoms with van der Waals surface area (Å²) in [5.41, 5.74) is 2.43. The zero-order chi connectivity index (χ0) is 15.5. The molecular formula is C20H22O3. The van der Waals surface area contributed by atoms with Crippen LogP contribution in [0.3, 0.4) is 0 Å². The predicted molar refractivity (Wildman–Crippen MR) is 88.0 cm³/mol. The number of benzene rings is 2. The fourth-order valence-electron chi connectivity index (χ4n) is 3.29. The van der Waals surface area contributed by atoms with E-state index in [-0.39, 0.29) is 18.3 Å². The van der Waals surface area contributed by atoms with Crippen LogP contribution in [0.1, 0.15) is 30.1 Å². The Morgan fingerprint density at radius 2 is 1.65 bits per heavy atom. The first-order valence-corrected chi connectivity index (χ1v) is 8.38. The normalized spacial score (nSPS) is 29.0. The molecule has 3 heteroatoms. The maximum absolute atomic E-state index is 6.27. The molecule has 0 spiro atoms. The third-order valence-electron chi connectivity index (χ3n) is 4.58. The van der Waals surface area contributed by atoms with Crippen molar-refractivity contribution in [1.82, 2.24) is 0 Å². The van der Waals surface area contributed by atoms with Crippen LogP contribution in [0.4, 0.5) is 0 Å². The van der Waals surface area contributed by atoms with Gasteiger partial charge in [-0.25, -0.2) is 0 Å². The predicted octanol–water partition coefficient (Wildman–Crippen LogP) is 3.89. The Labute approximate surface area is 137 Å². The van der Waals surface area contributed by atoms with Crippen molar-refractivity contribution in [2.75, 3.05) is 6.61 Å². The molecule has 0 unspecified atom stereocenters. The van der Waals surface area contributed by atoms with Gasteiger partial charge in [-0.1, -0.05) is 60.7 Å². The SMILES string of the molecule is c1ccc(COCC[C@H]2C[C@@H]3O[C@@H]3[C@@H](c3ccccc3)O2)cc1. The number of rotatable bonds is 6.